The number of rotatable bonds is 9. The fourth-order valence-corrected chi connectivity index (χ4v) is 3.66. The number of urea groups is 1. The van der Waals surface area contributed by atoms with E-state index in [2.05, 4.69) is 20.4 Å². The summed E-state index contributed by atoms with van der Waals surface area (Å²) in [5.74, 6) is -0.455. The third-order valence-corrected chi connectivity index (χ3v) is 5.30. The SMILES string of the molecule is CC(C)NC(=O)NC(Cc1ccccc1)(c1ccc(OC(F)(F)C(F)F)cc1)c1ccc(Cl)cn1. The molecule has 35 heavy (non-hydrogen) atoms. The van der Waals surface area contributed by atoms with Gasteiger partial charge >= 0.3 is 18.6 Å². The lowest BCUT2D eigenvalue weighted by Crippen LogP contribution is -2.53. The van der Waals surface area contributed by atoms with E-state index in [4.69, 9.17) is 11.6 Å². The first kappa shape index (κ1) is 26.3. The zero-order valence-electron chi connectivity index (χ0n) is 18.9. The number of ether oxygens (including phenoxy) is 1. The van der Waals surface area contributed by atoms with Gasteiger partial charge in [-0.15, -0.1) is 0 Å². The normalized spacial score (nSPS) is 13.4. The van der Waals surface area contributed by atoms with Crippen LogP contribution in [-0.2, 0) is 12.0 Å². The third-order valence-electron chi connectivity index (χ3n) is 5.08. The molecule has 0 radical (unpaired) electrons. The van der Waals surface area contributed by atoms with E-state index in [-0.39, 0.29) is 12.5 Å². The van der Waals surface area contributed by atoms with Crippen LogP contribution in [0.2, 0.25) is 5.02 Å². The second-order valence-corrected chi connectivity index (χ2v) is 8.61. The van der Waals surface area contributed by atoms with Gasteiger partial charge in [-0.2, -0.15) is 17.6 Å². The van der Waals surface area contributed by atoms with Crippen LogP contribution in [0.3, 0.4) is 0 Å². The number of nitrogens with zero attached hydrogens (tertiary/aromatic N) is 1. The van der Waals surface area contributed by atoms with Gasteiger partial charge in [-0.05, 0) is 49.2 Å². The van der Waals surface area contributed by atoms with E-state index in [0.717, 1.165) is 17.7 Å². The number of carbonyl (C=O) groups excluding carboxylic acids is 1. The molecule has 0 aliphatic heterocycles. The molecule has 5 nitrogen and oxygen atoms in total. The smallest absolute Gasteiger partial charge is 0.428 e. The molecule has 2 N–H and O–H groups in total. The van der Waals surface area contributed by atoms with E-state index in [1.807, 2.05) is 30.3 Å². The fraction of sp³-hybridized carbons (Fsp3) is 0.280. The first-order valence-electron chi connectivity index (χ1n) is 10.7. The summed E-state index contributed by atoms with van der Waals surface area (Å²) >= 11 is 6.04. The van der Waals surface area contributed by atoms with Gasteiger partial charge in [0.15, 0.2) is 0 Å². The minimum Gasteiger partial charge on any atom is -0.428 e. The summed E-state index contributed by atoms with van der Waals surface area (Å²) in [6.07, 6.45) is -6.96. The van der Waals surface area contributed by atoms with E-state index in [1.165, 1.54) is 18.3 Å². The molecule has 2 aromatic carbocycles. The van der Waals surface area contributed by atoms with Crippen molar-refractivity contribution in [2.24, 2.45) is 0 Å². The Morgan fingerprint density at radius 3 is 2.23 bits per heavy atom. The lowest BCUT2D eigenvalue weighted by Gasteiger charge is -2.36. The van der Waals surface area contributed by atoms with Crippen molar-refractivity contribution in [2.45, 2.75) is 44.4 Å². The monoisotopic (exact) mass is 509 g/mol. The molecule has 0 aliphatic rings. The Hall–Kier alpha value is -3.33. The maximum absolute atomic E-state index is 13.4. The van der Waals surface area contributed by atoms with Crippen LogP contribution in [0.25, 0.3) is 0 Å². The van der Waals surface area contributed by atoms with Crippen LogP contribution >= 0.6 is 11.6 Å². The molecule has 1 heterocycles. The number of alkyl halides is 4. The van der Waals surface area contributed by atoms with Crippen molar-refractivity contribution in [2.75, 3.05) is 0 Å². The molecule has 1 aromatic heterocycles. The molecule has 0 spiro atoms. The highest BCUT2D eigenvalue weighted by Gasteiger charge is 2.44. The van der Waals surface area contributed by atoms with Crippen LogP contribution in [0, 0.1) is 0 Å². The predicted octanol–water partition coefficient (Wildman–Crippen LogP) is 6.17. The van der Waals surface area contributed by atoms with Crippen molar-refractivity contribution in [3.63, 3.8) is 0 Å². The van der Waals surface area contributed by atoms with Crippen LogP contribution in [-0.4, -0.2) is 29.6 Å². The maximum atomic E-state index is 13.4. The zero-order chi connectivity index (χ0) is 25.6. The van der Waals surface area contributed by atoms with Crippen LogP contribution in [0.5, 0.6) is 5.75 Å². The first-order valence-corrected chi connectivity index (χ1v) is 11.1. The van der Waals surface area contributed by atoms with Crippen LogP contribution in [0.15, 0.2) is 72.9 Å². The number of aromatic nitrogens is 1. The van der Waals surface area contributed by atoms with E-state index in [9.17, 15) is 22.4 Å². The molecular formula is C25H24ClF4N3O2. The average molecular weight is 510 g/mol. The van der Waals surface area contributed by atoms with Gasteiger partial charge in [-0.25, -0.2) is 4.79 Å². The van der Waals surface area contributed by atoms with Gasteiger partial charge < -0.3 is 15.4 Å². The third kappa shape index (κ3) is 6.63. The van der Waals surface area contributed by atoms with Crippen LogP contribution < -0.4 is 15.4 Å². The van der Waals surface area contributed by atoms with E-state index in [0.29, 0.717) is 16.3 Å². The number of benzene rings is 2. The Balaban J connectivity index is 2.12. The molecule has 3 aromatic rings. The fourth-order valence-electron chi connectivity index (χ4n) is 3.55. The van der Waals surface area contributed by atoms with Gasteiger partial charge in [0.2, 0.25) is 0 Å². The Morgan fingerprint density at radius 2 is 1.69 bits per heavy atom. The van der Waals surface area contributed by atoms with E-state index >= 15 is 0 Å². The molecule has 0 saturated heterocycles. The summed E-state index contributed by atoms with van der Waals surface area (Å²) < 4.78 is 56.1. The summed E-state index contributed by atoms with van der Waals surface area (Å²) in [7, 11) is 0. The molecule has 0 fully saturated rings. The van der Waals surface area contributed by atoms with Gasteiger partial charge in [0.1, 0.15) is 11.3 Å². The minimum atomic E-state index is -4.64. The number of amides is 2. The standard InChI is InChI=1S/C25H24ClF4N3O2/c1-16(2)32-23(34)33-24(14-17-6-4-3-5-7-17,21-13-10-19(26)15-31-21)18-8-11-20(12-9-18)35-25(29,30)22(27)28/h3-13,15-16,22H,14H2,1-2H3,(H2,32,33,34). The van der Waals surface area contributed by atoms with Crippen LogP contribution in [0.1, 0.15) is 30.7 Å². The van der Waals surface area contributed by atoms with Gasteiger partial charge in [-0.1, -0.05) is 54.1 Å². The molecule has 0 aliphatic carbocycles. The molecule has 1 atom stereocenters. The maximum Gasteiger partial charge on any atom is 0.461 e. The molecular weight excluding hydrogens is 486 g/mol. The number of carbonyl (C=O) groups is 1. The van der Waals surface area contributed by atoms with Crippen molar-refractivity contribution in [3.05, 3.63) is 94.8 Å². The summed E-state index contributed by atoms with van der Waals surface area (Å²) in [5.41, 5.74) is 0.465. The molecule has 186 valence electrons. The Bertz CT molecular complexity index is 1110. The van der Waals surface area contributed by atoms with Crippen LogP contribution in [0.4, 0.5) is 22.4 Å². The van der Waals surface area contributed by atoms with Gasteiger partial charge in [0.05, 0.1) is 10.7 Å². The predicted molar refractivity (Wildman–Crippen MR) is 125 cm³/mol. The molecule has 1 unspecified atom stereocenters. The summed E-state index contributed by atoms with van der Waals surface area (Å²) in [6, 6.07) is 17.0. The summed E-state index contributed by atoms with van der Waals surface area (Å²) in [6.45, 7) is 3.60. The lowest BCUT2D eigenvalue weighted by molar-refractivity contribution is -0.253. The molecule has 0 bridgehead atoms. The second-order valence-electron chi connectivity index (χ2n) is 8.17. The van der Waals surface area contributed by atoms with Gasteiger partial charge in [0, 0.05) is 18.7 Å². The Labute approximate surface area is 205 Å². The number of nitrogens with one attached hydrogen (secondary N) is 2. The molecule has 2 amide bonds. The van der Waals surface area contributed by atoms with Crippen molar-refractivity contribution >= 4 is 17.6 Å². The Morgan fingerprint density at radius 1 is 1.03 bits per heavy atom. The number of hydrogen-bond donors (Lipinski definition) is 2. The summed E-state index contributed by atoms with van der Waals surface area (Å²) in [5, 5.41) is 6.14. The highest BCUT2D eigenvalue weighted by atomic mass is 35.5. The topological polar surface area (TPSA) is 63.2 Å². The first-order chi connectivity index (χ1) is 16.5. The Kier molecular flexibility index (Phi) is 8.22. The lowest BCUT2D eigenvalue weighted by atomic mass is 9.80. The zero-order valence-corrected chi connectivity index (χ0v) is 19.7. The highest BCUT2D eigenvalue weighted by Crippen LogP contribution is 2.35. The number of halogens is 5. The molecule has 3 rings (SSSR count). The molecule has 0 saturated carbocycles. The number of hydrogen-bond acceptors (Lipinski definition) is 3. The average Bonchev–Trinajstić information content (AvgIpc) is 2.79. The van der Waals surface area contributed by atoms with Gasteiger partial charge in [-0.3, -0.25) is 4.98 Å². The van der Waals surface area contributed by atoms with Crippen molar-refractivity contribution in [1.82, 2.24) is 15.6 Å². The largest absolute Gasteiger partial charge is 0.461 e. The second kappa shape index (κ2) is 10.9. The number of pyridine rings is 1. The van der Waals surface area contributed by atoms with Gasteiger partial charge in [0.25, 0.3) is 0 Å². The van der Waals surface area contributed by atoms with E-state index < -0.39 is 29.9 Å². The van der Waals surface area contributed by atoms with Crippen molar-refractivity contribution in [3.8, 4) is 5.75 Å². The van der Waals surface area contributed by atoms with Crippen molar-refractivity contribution < 1.29 is 27.1 Å². The van der Waals surface area contributed by atoms with E-state index in [1.54, 1.807) is 26.0 Å². The minimum absolute atomic E-state index is 0.171. The quantitative estimate of drug-likeness (QED) is 0.339. The summed E-state index contributed by atoms with van der Waals surface area (Å²) in [4.78, 5) is 17.4. The van der Waals surface area contributed by atoms with Crippen molar-refractivity contribution in [1.29, 1.82) is 0 Å². The molecule has 10 heteroatoms. The highest BCUT2D eigenvalue weighted by molar-refractivity contribution is 6.30.